The van der Waals surface area contributed by atoms with E-state index in [1.165, 1.54) is 38.9 Å². The molecule has 2 nitrogen and oxygen atoms in total. The highest BCUT2D eigenvalue weighted by atomic mass is 15.1. The summed E-state index contributed by atoms with van der Waals surface area (Å²) in [7, 11) is 4.46. The van der Waals surface area contributed by atoms with E-state index in [1.54, 1.807) is 5.57 Å². The predicted molar refractivity (Wildman–Crippen MR) is 69.6 cm³/mol. The molecule has 2 aliphatic rings. The van der Waals surface area contributed by atoms with Gasteiger partial charge in [-0.1, -0.05) is 18.6 Å². The first kappa shape index (κ1) is 12.1. The maximum atomic E-state index is 2.48. The summed E-state index contributed by atoms with van der Waals surface area (Å²) in [6, 6.07) is 0. The van der Waals surface area contributed by atoms with E-state index in [9.17, 15) is 0 Å². The van der Waals surface area contributed by atoms with Gasteiger partial charge in [-0.25, -0.2) is 0 Å². The minimum Gasteiger partial charge on any atom is -0.306 e. The fraction of sp³-hybridized carbons (Fsp3) is 0.857. The van der Waals surface area contributed by atoms with Crippen molar-refractivity contribution in [2.24, 2.45) is 11.8 Å². The van der Waals surface area contributed by atoms with Crippen molar-refractivity contribution < 1.29 is 0 Å². The standard InChI is InChI=1S/C14H26N2/c1-12(13-4-8-15(2)9-5-13)14-6-10-16(3)11-7-14/h4,12,14H,5-11H2,1-3H3. The highest BCUT2D eigenvalue weighted by molar-refractivity contribution is 5.11. The van der Waals surface area contributed by atoms with E-state index < -0.39 is 0 Å². The van der Waals surface area contributed by atoms with Crippen molar-refractivity contribution in [1.29, 1.82) is 0 Å². The molecule has 0 bridgehead atoms. The summed E-state index contributed by atoms with van der Waals surface area (Å²) in [6.45, 7) is 7.45. The molecule has 2 heterocycles. The topological polar surface area (TPSA) is 6.48 Å². The second kappa shape index (κ2) is 5.33. The van der Waals surface area contributed by atoms with Crippen LogP contribution in [0.15, 0.2) is 11.6 Å². The van der Waals surface area contributed by atoms with E-state index in [2.05, 4.69) is 36.9 Å². The molecule has 0 saturated carbocycles. The Kier molecular flexibility index (Phi) is 4.04. The average molecular weight is 222 g/mol. The molecule has 1 unspecified atom stereocenters. The number of hydrogen-bond donors (Lipinski definition) is 0. The molecule has 0 N–H and O–H groups in total. The van der Waals surface area contributed by atoms with Crippen LogP contribution >= 0.6 is 0 Å². The van der Waals surface area contributed by atoms with Crippen LogP contribution in [0.4, 0.5) is 0 Å². The Balaban J connectivity index is 1.89. The molecule has 1 fully saturated rings. The number of likely N-dealkylation sites (N-methyl/N-ethyl adjacent to an activating group) is 1. The zero-order valence-corrected chi connectivity index (χ0v) is 11.1. The van der Waals surface area contributed by atoms with Gasteiger partial charge in [0.25, 0.3) is 0 Å². The molecule has 16 heavy (non-hydrogen) atoms. The summed E-state index contributed by atoms with van der Waals surface area (Å²) in [5, 5.41) is 0. The Morgan fingerprint density at radius 2 is 1.81 bits per heavy atom. The second-order valence-electron chi connectivity index (χ2n) is 5.72. The molecule has 0 aliphatic carbocycles. The van der Waals surface area contributed by atoms with Crippen LogP contribution in [-0.2, 0) is 0 Å². The summed E-state index contributed by atoms with van der Waals surface area (Å²) < 4.78 is 0. The smallest absolute Gasteiger partial charge is 0.0163 e. The maximum Gasteiger partial charge on any atom is 0.0163 e. The summed E-state index contributed by atoms with van der Waals surface area (Å²) in [5.74, 6) is 1.76. The third-order valence-electron chi connectivity index (χ3n) is 4.50. The van der Waals surface area contributed by atoms with Gasteiger partial charge in [0.05, 0.1) is 0 Å². The van der Waals surface area contributed by atoms with Crippen molar-refractivity contribution in [3.8, 4) is 0 Å². The molecular weight excluding hydrogens is 196 g/mol. The normalized spacial score (nSPS) is 27.8. The summed E-state index contributed by atoms with van der Waals surface area (Å²) in [4.78, 5) is 4.87. The highest BCUT2D eigenvalue weighted by Gasteiger charge is 2.25. The van der Waals surface area contributed by atoms with Gasteiger partial charge in [0.15, 0.2) is 0 Å². The fourth-order valence-electron chi connectivity index (χ4n) is 3.03. The lowest BCUT2D eigenvalue weighted by Gasteiger charge is -2.35. The second-order valence-corrected chi connectivity index (χ2v) is 5.72. The molecule has 0 amide bonds. The molecule has 0 radical (unpaired) electrons. The van der Waals surface area contributed by atoms with Gasteiger partial charge < -0.3 is 9.80 Å². The first-order valence-electron chi connectivity index (χ1n) is 6.73. The molecule has 92 valence electrons. The summed E-state index contributed by atoms with van der Waals surface area (Å²) >= 11 is 0. The zero-order valence-electron chi connectivity index (χ0n) is 11.1. The quantitative estimate of drug-likeness (QED) is 0.661. The minimum atomic E-state index is 0.822. The molecule has 2 rings (SSSR count). The Bertz CT molecular complexity index is 251. The number of piperidine rings is 1. The van der Waals surface area contributed by atoms with Crippen LogP contribution < -0.4 is 0 Å². The van der Waals surface area contributed by atoms with Gasteiger partial charge in [-0.2, -0.15) is 0 Å². The van der Waals surface area contributed by atoms with Crippen molar-refractivity contribution in [3.63, 3.8) is 0 Å². The van der Waals surface area contributed by atoms with Gasteiger partial charge >= 0.3 is 0 Å². The minimum absolute atomic E-state index is 0.822. The molecule has 1 atom stereocenters. The third kappa shape index (κ3) is 2.86. The molecular formula is C14H26N2. The lowest BCUT2D eigenvalue weighted by Crippen LogP contribution is -2.34. The van der Waals surface area contributed by atoms with E-state index in [4.69, 9.17) is 0 Å². The van der Waals surface area contributed by atoms with Crippen LogP contribution in [-0.4, -0.2) is 50.1 Å². The third-order valence-corrected chi connectivity index (χ3v) is 4.50. The van der Waals surface area contributed by atoms with Crippen molar-refractivity contribution in [2.75, 3.05) is 40.3 Å². The van der Waals surface area contributed by atoms with Gasteiger partial charge in [-0.3, -0.25) is 0 Å². The number of nitrogens with zero attached hydrogens (tertiary/aromatic N) is 2. The molecule has 2 heteroatoms. The zero-order chi connectivity index (χ0) is 11.5. The van der Waals surface area contributed by atoms with Crippen LogP contribution in [0.2, 0.25) is 0 Å². The van der Waals surface area contributed by atoms with Crippen molar-refractivity contribution in [1.82, 2.24) is 9.80 Å². The van der Waals surface area contributed by atoms with Crippen molar-refractivity contribution >= 4 is 0 Å². The van der Waals surface area contributed by atoms with Crippen LogP contribution in [0.3, 0.4) is 0 Å². The van der Waals surface area contributed by atoms with Gasteiger partial charge in [0, 0.05) is 13.1 Å². The molecule has 0 aromatic heterocycles. The molecule has 0 aromatic rings. The number of likely N-dealkylation sites (tertiary alicyclic amines) is 1. The van der Waals surface area contributed by atoms with Gasteiger partial charge in [-0.05, 0) is 58.3 Å². The molecule has 0 spiro atoms. The van der Waals surface area contributed by atoms with Gasteiger partial charge in [-0.15, -0.1) is 0 Å². The number of hydrogen-bond acceptors (Lipinski definition) is 2. The van der Waals surface area contributed by atoms with E-state index in [0.717, 1.165) is 18.4 Å². The van der Waals surface area contributed by atoms with E-state index in [-0.39, 0.29) is 0 Å². The molecule has 1 saturated heterocycles. The highest BCUT2D eigenvalue weighted by Crippen LogP contribution is 2.31. The summed E-state index contributed by atoms with van der Waals surface area (Å²) in [5.41, 5.74) is 1.73. The Hall–Kier alpha value is -0.340. The summed E-state index contributed by atoms with van der Waals surface area (Å²) in [6.07, 6.45) is 6.56. The van der Waals surface area contributed by atoms with Crippen molar-refractivity contribution in [2.45, 2.75) is 26.2 Å². The van der Waals surface area contributed by atoms with Crippen LogP contribution in [0, 0.1) is 11.8 Å². The first-order valence-corrected chi connectivity index (χ1v) is 6.73. The first-order chi connectivity index (χ1) is 7.66. The number of rotatable bonds is 2. The SMILES string of the molecule is CC(C1=CCN(C)CC1)C1CCN(C)CC1. The van der Waals surface area contributed by atoms with E-state index in [0.29, 0.717) is 0 Å². The Labute approximate surface area is 100 Å². The maximum absolute atomic E-state index is 2.48. The Morgan fingerprint density at radius 1 is 1.12 bits per heavy atom. The molecule has 0 aromatic carbocycles. The average Bonchev–Trinajstić information content (AvgIpc) is 2.30. The van der Waals surface area contributed by atoms with Crippen LogP contribution in [0.5, 0.6) is 0 Å². The monoisotopic (exact) mass is 222 g/mol. The largest absolute Gasteiger partial charge is 0.306 e. The van der Waals surface area contributed by atoms with Crippen LogP contribution in [0.25, 0.3) is 0 Å². The van der Waals surface area contributed by atoms with Gasteiger partial charge in [0.2, 0.25) is 0 Å². The predicted octanol–water partition coefficient (Wildman–Crippen LogP) is 2.23. The Morgan fingerprint density at radius 3 is 2.38 bits per heavy atom. The van der Waals surface area contributed by atoms with Crippen LogP contribution in [0.1, 0.15) is 26.2 Å². The van der Waals surface area contributed by atoms with Gasteiger partial charge in [0.1, 0.15) is 0 Å². The lowest BCUT2D eigenvalue weighted by molar-refractivity contribution is 0.186. The lowest BCUT2D eigenvalue weighted by atomic mass is 9.79. The van der Waals surface area contributed by atoms with Crippen molar-refractivity contribution in [3.05, 3.63) is 11.6 Å². The fourth-order valence-corrected chi connectivity index (χ4v) is 3.03. The van der Waals surface area contributed by atoms with E-state index in [1.807, 2.05) is 0 Å². The molecule has 2 aliphatic heterocycles. The van der Waals surface area contributed by atoms with E-state index >= 15 is 0 Å².